The highest BCUT2D eigenvalue weighted by atomic mass is 16.6. The molecule has 1 aromatic heterocycles. The molecule has 0 fully saturated rings. The SMILES string of the molecule is CCCCOc1c(CNC(=O)OC(C)(C)C)n(CC(C)(C)C)c(=O)c2ccc(NC(C)=O)cc12. The average Bonchev–Trinajstić information content (AvgIpc) is 2.67. The molecule has 1 aromatic carbocycles. The third-order valence-electron chi connectivity index (χ3n) is 4.82. The van der Waals surface area contributed by atoms with E-state index in [1.807, 2.05) is 20.8 Å². The summed E-state index contributed by atoms with van der Waals surface area (Å²) in [6.07, 6.45) is 1.21. The summed E-state index contributed by atoms with van der Waals surface area (Å²) < 4.78 is 13.3. The van der Waals surface area contributed by atoms with E-state index < -0.39 is 11.7 Å². The van der Waals surface area contributed by atoms with Crippen LogP contribution in [0, 0.1) is 5.41 Å². The first-order chi connectivity index (χ1) is 15.7. The number of hydrogen-bond acceptors (Lipinski definition) is 5. The largest absolute Gasteiger partial charge is 0.491 e. The summed E-state index contributed by atoms with van der Waals surface area (Å²) in [7, 11) is 0. The number of unbranched alkanes of at least 4 members (excludes halogenated alkanes) is 1. The number of rotatable bonds is 8. The lowest BCUT2D eigenvalue weighted by Gasteiger charge is -2.26. The maximum Gasteiger partial charge on any atom is 0.407 e. The van der Waals surface area contributed by atoms with Crippen LogP contribution in [0.2, 0.25) is 0 Å². The molecule has 34 heavy (non-hydrogen) atoms. The molecule has 0 aliphatic heterocycles. The Kier molecular flexibility index (Phi) is 8.75. The molecule has 2 rings (SSSR count). The van der Waals surface area contributed by atoms with Crippen LogP contribution in [0.15, 0.2) is 23.0 Å². The molecule has 188 valence electrons. The van der Waals surface area contributed by atoms with Gasteiger partial charge in [-0.25, -0.2) is 4.79 Å². The van der Waals surface area contributed by atoms with Crippen molar-refractivity contribution < 1.29 is 19.1 Å². The number of amides is 2. The zero-order chi connectivity index (χ0) is 25.7. The van der Waals surface area contributed by atoms with Gasteiger partial charge in [0.15, 0.2) is 0 Å². The molecule has 0 aliphatic carbocycles. The zero-order valence-corrected chi connectivity index (χ0v) is 21.8. The van der Waals surface area contributed by atoms with Gasteiger partial charge in [-0.15, -0.1) is 0 Å². The van der Waals surface area contributed by atoms with Gasteiger partial charge in [0, 0.05) is 24.5 Å². The van der Waals surface area contributed by atoms with Gasteiger partial charge in [0.05, 0.1) is 24.2 Å². The average molecular weight is 474 g/mol. The maximum absolute atomic E-state index is 13.6. The van der Waals surface area contributed by atoms with Crippen LogP contribution >= 0.6 is 0 Å². The van der Waals surface area contributed by atoms with Crippen molar-refractivity contribution in [2.24, 2.45) is 5.41 Å². The summed E-state index contributed by atoms with van der Waals surface area (Å²) in [5.74, 6) is 0.316. The highest BCUT2D eigenvalue weighted by molar-refractivity contribution is 5.95. The van der Waals surface area contributed by atoms with E-state index in [1.54, 1.807) is 43.5 Å². The van der Waals surface area contributed by atoms with E-state index in [1.165, 1.54) is 6.92 Å². The molecule has 0 saturated carbocycles. The molecule has 0 atom stereocenters. The van der Waals surface area contributed by atoms with Crippen LogP contribution in [0.1, 0.15) is 73.9 Å². The lowest BCUT2D eigenvalue weighted by molar-refractivity contribution is -0.114. The predicted molar refractivity (Wildman–Crippen MR) is 135 cm³/mol. The first kappa shape index (κ1) is 27.2. The molecule has 0 aliphatic rings. The van der Waals surface area contributed by atoms with Gasteiger partial charge in [0.25, 0.3) is 5.56 Å². The molecule has 2 N–H and O–H groups in total. The van der Waals surface area contributed by atoms with Gasteiger partial charge in [0.2, 0.25) is 5.91 Å². The third-order valence-corrected chi connectivity index (χ3v) is 4.82. The number of pyridine rings is 1. The van der Waals surface area contributed by atoms with Crippen molar-refractivity contribution in [3.8, 4) is 5.75 Å². The minimum Gasteiger partial charge on any atom is -0.491 e. The number of nitrogens with one attached hydrogen (secondary N) is 2. The van der Waals surface area contributed by atoms with Crippen molar-refractivity contribution in [1.82, 2.24) is 9.88 Å². The second-order valence-electron chi connectivity index (χ2n) is 10.7. The molecule has 2 aromatic rings. The van der Waals surface area contributed by atoms with Gasteiger partial charge in [0.1, 0.15) is 11.4 Å². The minimum absolute atomic E-state index is 0.0575. The van der Waals surface area contributed by atoms with Crippen LogP contribution < -0.4 is 20.9 Å². The number of alkyl carbamates (subject to hydrolysis) is 1. The number of aromatic nitrogens is 1. The lowest BCUT2D eigenvalue weighted by Crippen LogP contribution is -2.36. The molecular formula is C26H39N3O5. The highest BCUT2D eigenvalue weighted by Crippen LogP contribution is 2.32. The van der Waals surface area contributed by atoms with Crippen LogP contribution in [-0.2, 0) is 22.6 Å². The fourth-order valence-corrected chi connectivity index (χ4v) is 3.51. The Morgan fingerprint density at radius 2 is 1.74 bits per heavy atom. The van der Waals surface area contributed by atoms with Gasteiger partial charge >= 0.3 is 6.09 Å². The Morgan fingerprint density at radius 1 is 1.06 bits per heavy atom. The quantitative estimate of drug-likeness (QED) is 0.513. The molecule has 0 radical (unpaired) electrons. The fourth-order valence-electron chi connectivity index (χ4n) is 3.51. The first-order valence-electron chi connectivity index (χ1n) is 11.8. The zero-order valence-electron chi connectivity index (χ0n) is 21.8. The molecule has 8 heteroatoms. The summed E-state index contributed by atoms with van der Waals surface area (Å²) in [6, 6.07) is 5.17. The molecule has 0 saturated heterocycles. The number of carbonyl (C=O) groups excluding carboxylic acids is 2. The Bertz CT molecular complexity index is 1090. The van der Waals surface area contributed by atoms with Gasteiger partial charge in [-0.1, -0.05) is 34.1 Å². The van der Waals surface area contributed by atoms with E-state index in [9.17, 15) is 14.4 Å². The Labute approximate surface area is 202 Å². The second kappa shape index (κ2) is 10.9. The molecule has 0 spiro atoms. The Balaban J connectivity index is 2.71. The predicted octanol–water partition coefficient (Wildman–Crippen LogP) is 5.21. The van der Waals surface area contributed by atoms with Gasteiger partial charge in [-0.05, 0) is 50.8 Å². The summed E-state index contributed by atoms with van der Waals surface area (Å²) in [5.41, 5.74) is 0.109. The second-order valence-corrected chi connectivity index (χ2v) is 10.7. The standard InChI is InChI=1S/C26H39N3O5/c1-9-10-13-33-22-20-14-18(28-17(2)30)11-12-19(20)23(31)29(16-25(3,4)5)21(22)15-27-24(32)34-26(6,7)8/h11-12,14H,9-10,13,15-16H2,1-8H3,(H,27,32)(H,28,30). The number of anilines is 1. The molecular weight excluding hydrogens is 434 g/mol. The Hall–Kier alpha value is -3.03. The van der Waals surface area contributed by atoms with E-state index in [0.717, 1.165) is 12.8 Å². The van der Waals surface area contributed by atoms with Gasteiger partial charge < -0.3 is 24.7 Å². The highest BCUT2D eigenvalue weighted by Gasteiger charge is 2.24. The Morgan fingerprint density at radius 3 is 2.29 bits per heavy atom. The monoisotopic (exact) mass is 473 g/mol. The molecule has 1 heterocycles. The molecule has 8 nitrogen and oxygen atoms in total. The van der Waals surface area contributed by atoms with E-state index >= 15 is 0 Å². The van der Waals surface area contributed by atoms with E-state index in [-0.39, 0.29) is 23.4 Å². The van der Waals surface area contributed by atoms with Crippen LogP contribution in [0.3, 0.4) is 0 Å². The number of ether oxygens (including phenoxy) is 2. The first-order valence-corrected chi connectivity index (χ1v) is 11.8. The number of nitrogens with zero attached hydrogens (tertiary/aromatic N) is 1. The lowest BCUT2D eigenvalue weighted by atomic mass is 9.96. The normalized spacial score (nSPS) is 11.9. The maximum atomic E-state index is 13.6. The van der Waals surface area contributed by atoms with Crippen LogP contribution in [0.25, 0.3) is 10.8 Å². The van der Waals surface area contributed by atoms with E-state index in [2.05, 4.69) is 17.6 Å². The number of fused-ring (bicyclic) bond motifs is 1. The van der Waals surface area contributed by atoms with Crippen molar-refractivity contribution in [3.05, 3.63) is 34.2 Å². The van der Waals surface area contributed by atoms with Gasteiger partial charge in [-0.3, -0.25) is 9.59 Å². The van der Waals surface area contributed by atoms with Crippen molar-refractivity contribution in [2.45, 2.75) is 86.9 Å². The molecule has 0 unspecified atom stereocenters. The third kappa shape index (κ3) is 7.78. The fraction of sp³-hybridized carbons (Fsp3) is 0.577. The van der Waals surface area contributed by atoms with E-state index in [4.69, 9.17) is 9.47 Å². The van der Waals surface area contributed by atoms with Crippen molar-refractivity contribution >= 4 is 28.5 Å². The summed E-state index contributed by atoms with van der Waals surface area (Å²) >= 11 is 0. The molecule has 0 bridgehead atoms. The smallest absolute Gasteiger partial charge is 0.407 e. The number of benzene rings is 1. The summed E-state index contributed by atoms with van der Waals surface area (Å²) in [5, 5.41) is 6.63. The van der Waals surface area contributed by atoms with Crippen LogP contribution in [0.4, 0.5) is 10.5 Å². The van der Waals surface area contributed by atoms with Gasteiger partial charge in [-0.2, -0.15) is 0 Å². The summed E-state index contributed by atoms with van der Waals surface area (Å²) in [4.78, 5) is 37.6. The van der Waals surface area contributed by atoms with Crippen molar-refractivity contribution in [1.29, 1.82) is 0 Å². The topological polar surface area (TPSA) is 98.7 Å². The molecule has 2 amide bonds. The number of carbonyl (C=O) groups is 2. The minimum atomic E-state index is -0.647. The van der Waals surface area contributed by atoms with Crippen LogP contribution in [0.5, 0.6) is 5.75 Å². The van der Waals surface area contributed by atoms with Crippen molar-refractivity contribution in [3.63, 3.8) is 0 Å². The van der Waals surface area contributed by atoms with Crippen molar-refractivity contribution in [2.75, 3.05) is 11.9 Å². The van der Waals surface area contributed by atoms with Crippen LogP contribution in [-0.4, -0.2) is 28.8 Å². The van der Waals surface area contributed by atoms with E-state index in [0.29, 0.717) is 41.1 Å². The number of hydrogen-bond donors (Lipinski definition) is 2. The summed E-state index contributed by atoms with van der Waals surface area (Å²) in [6.45, 7) is 16.0.